The zero-order chi connectivity index (χ0) is 13.9. The van der Waals surface area contributed by atoms with E-state index in [-0.39, 0.29) is 11.2 Å². The summed E-state index contributed by atoms with van der Waals surface area (Å²) in [6.07, 6.45) is 8.27. The Bertz CT molecular complexity index is 543. The van der Waals surface area contributed by atoms with Crippen LogP contribution in [0, 0.1) is 17.8 Å². The van der Waals surface area contributed by atoms with Gasteiger partial charge in [-0.25, -0.2) is 0 Å². The molecule has 1 aromatic rings. The van der Waals surface area contributed by atoms with Crippen LogP contribution in [0.3, 0.4) is 0 Å². The number of phenolic OH excluding ortho intramolecular Hbond substituents is 1. The Morgan fingerprint density at radius 2 is 1.65 bits per heavy atom. The topological polar surface area (TPSA) is 37.3 Å². The van der Waals surface area contributed by atoms with E-state index in [4.69, 9.17) is 11.6 Å². The first-order chi connectivity index (χ1) is 9.59. The van der Waals surface area contributed by atoms with Gasteiger partial charge in [0, 0.05) is 10.6 Å². The Hall–Kier alpha value is -1.02. The largest absolute Gasteiger partial charge is 0.507 e. The molecule has 4 saturated carbocycles. The molecule has 1 aromatic carbocycles. The Morgan fingerprint density at radius 1 is 1.10 bits per heavy atom. The van der Waals surface area contributed by atoms with Crippen LogP contribution in [0.1, 0.15) is 54.4 Å². The molecule has 2 nitrogen and oxygen atoms in total. The van der Waals surface area contributed by atoms with Gasteiger partial charge in [-0.3, -0.25) is 4.79 Å². The van der Waals surface area contributed by atoms with Crippen molar-refractivity contribution in [1.82, 2.24) is 0 Å². The van der Waals surface area contributed by atoms with Gasteiger partial charge in [0.1, 0.15) is 5.75 Å². The second kappa shape index (κ2) is 4.24. The molecule has 5 rings (SSSR count). The highest BCUT2D eigenvalue weighted by molar-refractivity contribution is 6.31. The molecular weight excluding hydrogens is 272 g/mol. The van der Waals surface area contributed by atoms with Gasteiger partial charge >= 0.3 is 0 Å². The number of hydrogen-bond acceptors (Lipinski definition) is 2. The molecule has 4 fully saturated rings. The second-order valence-corrected chi connectivity index (χ2v) is 7.64. The maximum atomic E-state index is 11.1. The Balaban J connectivity index is 1.84. The number of aldehydes is 1. The number of carbonyl (C=O) groups excluding carboxylic acids is 1. The normalized spacial score (nSPS) is 38.1. The molecule has 0 aromatic heterocycles. The molecule has 0 unspecified atom stereocenters. The monoisotopic (exact) mass is 290 g/mol. The number of phenols is 1. The minimum Gasteiger partial charge on any atom is -0.507 e. The number of halogens is 1. The van der Waals surface area contributed by atoms with E-state index in [0.717, 1.165) is 42.6 Å². The Kier molecular flexibility index (Phi) is 2.69. The zero-order valence-corrected chi connectivity index (χ0v) is 12.2. The number of hydrogen-bond donors (Lipinski definition) is 1. The summed E-state index contributed by atoms with van der Waals surface area (Å²) >= 11 is 6.17. The lowest BCUT2D eigenvalue weighted by Crippen LogP contribution is -2.48. The van der Waals surface area contributed by atoms with Crippen LogP contribution in [0.4, 0.5) is 0 Å². The molecule has 0 radical (unpaired) electrons. The third-order valence-electron chi connectivity index (χ3n) is 5.84. The van der Waals surface area contributed by atoms with Crippen LogP contribution < -0.4 is 0 Å². The second-order valence-electron chi connectivity index (χ2n) is 7.21. The van der Waals surface area contributed by atoms with E-state index in [0.29, 0.717) is 16.9 Å². The van der Waals surface area contributed by atoms with Crippen molar-refractivity contribution < 1.29 is 9.90 Å². The van der Waals surface area contributed by atoms with Crippen molar-refractivity contribution in [3.8, 4) is 5.75 Å². The maximum absolute atomic E-state index is 11.1. The summed E-state index contributed by atoms with van der Waals surface area (Å²) in [7, 11) is 0. The number of benzene rings is 1. The van der Waals surface area contributed by atoms with Gasteiger partial charge in [0.15, 0.2) is 6.29 Å². The maximum Gasteiger partial charge on any atom is 0.153 e. The number of carbonyl (C=O) groups is 1. The van der Waals surface area contributed by atoms with Crippen LogP contribution in [0.5, 0.6) is 5.75 Å². The van der Waals surface area contributed by atoms with Crippen molar-refractivity contribution in [1.29, 1.82) is 0 Å². The Labute approximate surface area is 124 Å². The van der Waals surface area contributed by atoms with Gasteiger partial charge in [-0.15, -0.1) is 0 Å². The molecule has 4 aliphatic rings. The van der Waals surface area contributed by atoms with Crippen molar-refractivity contribution in [3.63, 3.8) is 0 Å². The highest BCUT2D eigenvalue weighted by atomic mass is 35.5. The molecule has 4 bridgehead atoms. The molecule has 0 atom stereocenters. The minimum absolute atomic E-state index is 0.0709. The van der Waals surface area contributed by atoms with E-state index in [2.05, 4.69) is 0 Å². The fourth-order valence-electron chi connectivity index (χ4n) is 5.55. The van der Waals surface area contributed by atoms with Crippen LogP contribution >= 0.6 is 11.6 Å². The average molecular weight is 291 g/mol. The SMILES string of the molecule is O=Cc1cc(Cl)cc(C23CC4CC(CC(C4)C2)C3)c1O. The molecule has 0 amide bonds. The van der Waals surface area contributed by atoms with Crippen LogP contribution in [0.25, 0.3) is 0 Å². The molecule has 0 heterocycles. The number of aromatic hydroxyl groups is 1. The number of rotatable bonds is 2. The molecule has 20 heavy (non-hydrogen) atoms. The summed E-state index contributed by atoms with van der Waals surface area (Å²) in [6.45, 7) is 0. The van der Waals surface area contributed by atoms with Crippen molar-refractivity contribution in [2.24, 2.45) is 17.8 Å². The first-order valence-electron chi connectivity index (χ1n) is 7.58. The van der Waals surface area contributed by atoms with E-state index in [9.17, 15) is 9.90 Å². The lowest BCUT2D eigenvalue weighted by Gasteiger charge is -2.57. The smallest absolute Gasteiger partial charge is 0.153 e. The zero-order valence-electron chi connectivity index (χ0n) is 11.4. The standard InChI is InChI=1S/C17H19ClO2/c18-14-4-13(9-19)16(20)15(5-14)17-6-10-1-11(7-17)3-12(2-10)8-17/h4-5,9-12,20H,1-3,6-8H2. The van der Waals surface area contributed by atoms with Crippen molar-refractivity contribution in [2.75, 3.05) is 0 Å². The lowest BCUT2D eigenvalue weighted by atomic mass is 9.48. The van der Waals surface area contributed by atoms with Crippen LogP contribution in [-0.2, 0) is 5.41 Å². The van der Waals surface area contributed by atoms with Gasteiger partial charge in [-0.05, 0) is 73.8 Å². The van der Waals surface area contributed by atoms with Gasteiger partial charge in [0.05, 0.1) is 5.56 Å². The molecule has 106 valence electrons. The first-order valence-corrected chi connectivity index (χ1v) is 7.95. The molecular formula is C17H19ClO2. The molecule has 0 saturated heterocycles. The Morgan fingerprint density at radius 3 is 2.15 bits per heavy atom. The van der Waals surface area contributed by atoms with E-state index < -0.39 is 0 Å². The van der Waals surface area contributed by atoms with Crippen LogP contribution in [0.2, 0.25) is 5.02 Å². The third kappa shape index (κ3) is 1.74. The molecule has 0 aliphatic heterocycles. The summed E-state index contributed by atoms with van der Waals surface area (Å²) < 4.78 is 0. The highest BCUT2D eigenvalue weighted by Crippen LogP contribution is 2.62. The predicted octanol–water partition coefficient (Wildman–Crippen LogP) is 4.33. The third-order valence-corrected chi connectivity index (χ3v) is 6.06. The quantitative estimate of drug-likeness (QED) is 0.823. The highest BCUT2D eigenvalue weighted by Gasteiger charge is 2.52. The van der Waals surface area contributed by atoms with E-state index >= 15 is 0 Å². The summed E-state index contributed by atoms with van der Waals surface area (Å²) in [4.78, 5) is 11.1. The molecule has 0 spiro atoms. The van der Waals surface area contributed by atoms with Gasteiger partial charge in [0.2, 0.25) is 0 Å². The summed E-state index contributed by atoms with van der Waals surface area (Å²) in [6, 6.07) is 3.46. The summed E-state index contributed by atoms with van der Waals surface area (Å²) in [5, 5.41) is 11.0. The minimum atomic E-state index is 0.0709. The van der Waals surface area contributed by atoms with Gasteiger partial charge in [0.25, 0.3) is 0 Å². The fraction of sp³-hybridized carbons (Fsp3) is 0.588. The van der Waals surface area contributed by atoms with E-state index in [1.807, 2.05) is 6.07 Å². The van der Waals surface area contributed by atoms with Gasteiger partial charge < -0.3 is 5.11 Å². The summed E-state index contributed by atoms with van der Waals surface area (Å²) in [5.41, 5.74) is 1.34. The first kappa shape index (κ1) is 12.7. The molecule has 3 heteroatoms. The van der Waals surface area contributed by atoms with Crippen molar-refractivity contribution in [3.05, 3.63) is 28.3 Å². The fourth-order valence-corrected chi connectivity index (χ4v) is 5.78. The van der Waals surface area contributed by atoms with Crippen molar-refractivity contribution in [2.45, 2.75) is 43.9 Å². The molecule has 4 aliphatic carbocycles. The van der Waals surface area contributed by atoms with Crippen LogP contribution in [0.15, 0.2) is 12.1 Å². The van der Waals surface area contributed by atoms with Gasteiger partial charge in [-0.2, -0.15) is 0 Å². The predicted molar refractivity (Wildman–Crippen MR) is 78.4 cm³/mol. The van der Waals surface area contributed by atoms with Crippen LogP contribution in [-0.4, -0.2) is 11.4 Å². The van der Waals surface area contributed by atoms with Crippen molar-refractivity contribution >= 4 is 17.9 Å². The van der Waals surface area contributed by atoms with E-state index in [1.54, 1.807) is 6.07 Å². The average Bonchev–Trinajstić information content (AvgIpc) is 2.39. The van der Waals surface area contributed by atoms with E-state index in [1.165, 1.54) is 19.3 Å². The molecule has 1 N–H and O–H groups in total. The summed E-state index contributed by atoms with van der Waals surface area (Å²) in [5.74, 6) is 2.59. The van der Waals surface area contributed by atoms with Gasteiger partial charge in [-0.1, -0.05) is 11.6 Å². The lowest BCUT2D eigenvalue weighted by molar-refractivity contribution is -0.00614.